The zero-order chi connectivity index (χ0) is 20.7. The molecule has 0 fully saturated rings. The van der Waals surface area contributed by atoms with E-state index in [1.807, 2.05) is 49.4 Å². The summed E-state index contributed by atoms with van der Waals surface area (Å²) >= 11 is 2.46. The SMILES string of the molecule is Cc1ccccc1C(=O)Nc1nnc(S(=O)(=O)NCCSCc2ccccc2)s1. The quantitative estimate of drug-likeness (QED) is 0.385. The van der Waals surface area contributed by atoms with E-state index in [1.54, 1.807) is 23.9 Å². The number of aryl methyl sites for hydroxylation is 1. The molecule has 0 atom stereocenters. The highest BCUT2D eigenvalue weighted by atomic mass is 32.2. The van der Waals surface area contributed by atoms with E-state index in [2.05, 4.69) is 20.2 Å². The van der Waals surface area contributed by atoms with Crippen molar-refractivity contribution in [3.8, 4) is 0 Å². The first-order valence-electron chi connectivity index (χ1n) is 8.77. The van der Waals surface area contributed by atoms with Gasteiger partial charge in [0.2, 0.25) is 9.47 Å². The molecule has 7 nitrogen and oxygen atoms in total. The molecule has 0 aliphatic rings. The molecule has 0 spiro atoms. The average molecular weight is 449 g/mol. The summed E-state index contributed by atoms with van der Waals surface area (Å²) < 4.78 is 27.1. The second kappa shape index (κ2) is 9.97. The smallest absolute Gasteiger partial charge is 0.269 e. The Hall–Kier alpha value is -2.27. The molecular formula is C19H20N4O3S3. The van der Waals surface area contributed by atoms with Gasteiger partial charge in [-0.15, -0.1) is 10.2 Å². The summed E-state index contributed by atoms with van der Waals surface area (Å²) in [5, 5.41) is 10.2. The van der Waals surface area contributed by atoms with Gasteiger partial charge in [0.05, 0.1) is 0 Å². The monoisotopic (exact) mass is 448 g/mol. The van der Waals surface area contributed by atoms with E-state index >= 15 is 0 Å². The lowest BCUT2D eigenvalue weighted by Gasteiger charge is -2.04. The predicted molar refractivity (Wildman–Crippen MR) is 117 cm³/mol. The van der Waals surface area contributed by atoms with Crippen molar-refractivity contribution in [2.24, 2.45) is 0 Å². The zero-order valence-corrected chi connectivity index (χ0v) is 18.1. The Kier molecular flexibility index (Phi) is 7.37. The van der Waals surface area contributed by atoms with Crippen LogP contribution < -0.4 is 10.0 Å². The number of nitrogens with one attached hydrogen (secondary N) is 2. The molecule has 1 amide bonds. The molecule has 1 heterocycles. The van der Waals surface area contributed by atoms with Gasteiger partial charge in [-0.2, -0.15) is 11.8 Å². The van der Waals surface area contributed by atoms with Crippen molar-refractivity contribution in [3.63, 3.8) is 0 Å². The third-order valence-corrected chi connectivity index (χ3v) is 7.59. The number of thioether (sulfide) groups is 1. The average Bonchev–Trinajstić information content (AvgIpc) is 3.18. The minimum atomic E-state index is -3.76. The number of nitrogens with zero attached hydrogens (tertiary/aromatic N) is 2. The Morgan fingerprint density at radius 3 is 2.55 bits per heavy atom. The zero-order valence-electron chi connectivity index (χ0n) is 15.7. The first-order chi connectivity index (χ1) is 14.0. The van der Waals surface area contributed by atoms with Gasteiger partial charge in [0.15, 0.2) is 0 Å². The van der Waals surface area contributed by atoms with Gasteiger partial charge in [0, 0.05) is 23.6 Å². The number of carbonyl (C=O) groups excluding carboxylic acids is 1. The molecule has 3 aromatic rings. The third-order valence-electron chi connectivity index (χ3n) is 3.90. The fourth-order valence-corrected chi connectivity index (χ4v) is 5.35. The van der Waals surface area contributed by atoms with Crippen LogP contribution in [-0.2, 0) is 15.8 Å². The molecule has 0 saturated carbocycles. The van der Waals surface area contributed by atoms with Crippen molar-refractivity contribution >= 4 is 44.2 Å². The van der Waals surface area contributed by atoms with Crippen molar-refractivity contribution in [1.29, 1.82) is 0 Å². The number of anilines is 1. The van der Waals surface area contributed by atoms with Crippen LogP contribution in [0.25, 0.3) is 0 Å². The van der Waals surface area contributed by atoms with Gasteiger partial charge in [0.1, 0.15) is 0 Å². The molecule has 0 radical (unpaired) electrons. The molecule has 0 aliphatic heterocycles. The van der Waals surface area contributed by atoms with Gasteiger partial charge in [0.25, 0.3) is 15.9 Å². The molecule has 1 aromatic heterocycles. The fourth-order valence-electron chi connectivity index (χ4n) is 2.44. The summed E-state index contributed by atoms with van der Waals surface area (Å²) in [6.45, 7) is 2.11. The van der Waals surface area contributed by atoms with E-state index in [1.165, 1.54) is 5.56 Å². The van der Waals surface area contributed by atoms with Crippen LogP contribution in [-0.4, -0.2) is 36.8 Å². The van der Waals surface area contributed by atoms with Crippen LogP contribution in [0.3, 0.4) is 0 Å². The number of hydrogen-bond donors (Lipinski definition) is 2. The highest BCUT2D eigenvalue weighted by Crippen LogP contribution is 2.21. The van der Waals surface area contributed by atoms with Gasteiger partial charge < -0.3 is 0 Å². The molecule has 152 valence electrons. The van der Waals surface area contributed by atoms with Crippen molar-refractivity contribution in [2.45, 2.75) is 17.0 Å². The topological polar surface area (TPSA) is 101 Å². The molecule has 0 saturated heterocycles. The molecule has 29 heavy (non-hydrogen) atoms. The van der Waals surface area contributed by atoms with Crippen LogP contribution in [0.2, 0.25) is 0 Å². The molecule has 0 unspecified atom stereocenters. The normalized spacial score (nSPS) is 11.3. The molecule has 0 bridgehead atoms. The number of rotatable bonds is 9. The Labute approximate surface area is 178 Å². The van der Waals surface area contributed by atoms with E-state index in [-0.39, 0.29) is 21.9 Å². The van der Waals surface area contributed by atoms with Crippen LogP contribution in [0.4, 0.5) is 5.13 Å². The van der Waals surface area contributed by atoms with Crippen molar-refractivity contribution in [3.05, 3.63) is 71.3 Å². The standard InChI is InChI=1S/C19H20N4O3S3/c1-14-7-5-6-10-16(14)17(24)21-18-22-23-19(28-18)29(25,26)20-11-12-27-13-15-8-3-2-4-9-15/h2-10,20H,11-13H2,1H3,(H,21,22,24). The van der Waals surface area contributed by atoms with Crippen molar-refractivity contribution < 1.29 is 13.2 Å². The van der Waals surface area contributed by atoms with Crippen LogP contribution >= 0.6 is 23.1 Å². The number of sulfonamides is 1. The predicted octanol–water partition coefficient (Wildman–Crippen LogP) is 3.31. The lowest BCUT2D eigenvalue weighted by molar-refractivity contribution is 0.102. The molecule has 3 rings (SSSR count). The maximum atomic E-state index is 12.4. The Morgan fingerprint density at radius 1 is 1.07 bits per heavy atom. The summed E-state index contributed by atoms with van der Waals surface area (Å²) in [4.78, 5) is 12.3. The number of amides is 1. The largest absolute Gasteiger partial charge is 0.296 e. The maximum absolute atomic E-state index is 12.4. The van der Waals surface area contributed by atoms with Crippen LogP contribution in [0.1, 0.15) is 21.5 Å². The molecule has 10 heteroatoms. The van der Waals surface area contributed by atoms with Crippen molar-refractivity contribution in [1.82, 2.24) is 14.9 Å². The summed E-state index contributed by atoms with van der Waals surface area (Å²) in [6.07, 6.45) is 0. The van der Waals surface area contributed by atoms with Gasteiger partial charge >= 0.3 is 0 Å². The fraction of sp³-hybridized carbons (Fsp3) is 0.211. The van der Waals surface area contributed by atoms with Crippen LogP contribution in [0.5, 0.6) is 0 Å². The number of aromatic nitrogens is 2. The highest BCUT2D eigenvalue weighted by Gasteiger charge is 2.21. The van der Waals surface area contributed by atoms with Crippen LogP contribution in [0, 0.1) is 6.92 Å². The maximum Gasteiger partial charge on any atom is 0.269 e. The van der Waals surface area contributed by atoms with Gasteiger partial charge in [-0.05, 0) is 24.1 Å². The lowest BCUT2D eigenvalue weighted by Crippen LogP contribution is -2.26. The van der Waals surface area contributed by atoms with Crippen molar-refractivity contribution in [2.75, 3.05) is 17.6 Å². The van der Waals surface area contributed by atoms with E-state index in [4.69, 9.17) is 0 Å². The number of hydrogen-bond acceptors (Lipinski definition) is 7. The number of carbonyl (C=O) groups is 1. The second-order valence-electron chi connectivity index (χ2n) is 6.08. The molecule has 0 aliphatic carbocycles. The summed E-state index contributed by atoms with van der Waals surface area (Å²) in [6, 6.07) is 17.1. The summed E-state index contributed by atoms with van der Waals surface area (Å²) in [7, 11) is -3.76. The summed E-state index contributed by atoms with van der Waals surface area (Å²) in [5.41, 5.74) is 2.51. The lowest BCUT2D eigenvalue weighted by atomic mass is 10.1. The Morgan fingerprint density at radius 2 is 1.79 bits per heavy atom. The first-order valence-corrected chi connectivity index (χ1v) is 12.2. The minimum absolute atomic E-state index is 0.136. The van der Waals surface area contributed by atoms with Gasteiger partial charge in [-0.25, -0.2) is 13.1 Å². The Balaban J connectivity index is 1.50. The first kappa shape index (κ1) is 21.4. The second-order valence-corrected chi connectivity index (χ2v) is 10.1. The molecule has 2 aromatic carbocycles. The minimum Gasteiger partial charge on any atom is -0.296 e. The summed E-state index contributed by atoms with van der Waals surface area (Å²) in [5.74, 6) is 1.09. The molecular weight excluding hydrogens is 428 g/mol. The van der Waals surface area contributed by atoms with E-state index in [9.17, 15) is 13.2 Å². The number of benzene rings is 2. The van der Waals surface area contributed by atoms with E-state index in [0.717, 1.165) is 22.7 Å². The highest BCUT2D eigenvalue weighted by molar-refractivity contribution is 7.98. The third kappa shape index (κ3) is 6.10. The van der Waals surface area contributed by atoms with Gasteiger partial charge in [-0.1, -0.05) is 59.9 Å². The van der Waals surface area contributed by atoms with E-state index < -0.39 is 10.0 Å². The van der Waals surface area contributed by atoms with Crippen LogP contribution in [0.15, 0.2) is 58.9 Å². The Bertz CT molecular complexity index is 1070. The van der Waals surface area contributed by atoms with E-state index in [0.29, 0.717) is 11.3 Å². The molecule has 2 N–H and O–H groups in total. The van der Waals surface area contributed by atoms with Gasteiger partial charge in [-0.3, -0.25) is 10.1 Å².